The molecule has 0 spiro atoms. The Kier molecular flexibility index (Phi) is 1.97. The van der Waals surface area contributed by atoms with E-state index in [2.05, 4.69) is 62.4 Å². The van der Waals surface area contributed by atoms with Crippen molar-refractivity contribution < 1.29 is 0 Å². The minimum atomic E-state index is 1.32. The van der Waals surface area contributed by atoms with E-state index in [9.17, 15) is 0 Å². The van der Waals surface area contributed by atoms with Gasteiger partial charge in [-0.15, -0.1) is 0 Å². The molecule has 0 heteroatoms. The second-order valence-electron chi connectivity index (χ2n) is 4.51. The van der Waals surface area contributed by atoms with Crippen LogP contribution in [0.2, 0.25) is 0 Å². The van der Waals surface area contributed by atoms with Gasteiger partial charge >= 0.3 is 0 Å². The maximum atomic E-state index is 2.27. The summed E-state index contributed by atoms with van der Waals surface area (Å²) < 4.78 is 0. The Morgan fingerprint density at radius 3 is 2.06 bits per heavy atom. The molecule has 0 atom stereocenters. The molecule has 3 aromatic rings. The lowest BCUT2D eigenvalue weighted by atomic mass is 9.99. The van der Waals surface area contributed by atoms with Crippen molar-refractivity contribution in [2.45, 2.75) is 13.8 Å². The first-order valence-corrected chi connectivity index (χ1v) is 5.64. The molecule has 0 aliphatic heterocycles. The summed E-state index contributed by atoms with van der Waals surface area (Å²) in [6.07, 6.45) is 0. The number of aryl methyl sites for hydroxylation is 2. The molecule has 0 bridgehead atoms. The predicted octanol–water partition coefficient (Wildman–Crippen LogP) is 4.61. The summed E-state index contributed by atoms with van der Waals surface area (Å²) in [4.78, 5) is 0. The number of hydrogen-bond donors (Lipinski definition) is 0. The van der Waals surface area contributed by atoms with Crippen LogP contribution in [0.25, 0.3) is 21.5 Å². The molecule has 0 aliphatic rings. The van der Waals surface area contributed by atoms with Crippen LogP contribution in [0.3, 0.4) is 0 Å². The van der Waals surface area contributed by atoms with Gasteiger partial charge in [0.2, 0.25) is 0 Å². The SMILES string of the molecule is Cc1ccc2c(ccc3ccc(C)cc32)c1. The molecule has 0 saturated heterocycles. The molecule has 0 amide bonds. The van der Waals surface area contributed by atoms with E-state index in [-0.39, 0.29) is 0 Å². The van der Waals surface area contributed by atoms with E-state index in [1.807, 2.05) is 0 Å². The fourth-order valence-electron chi connectivity index (χ4n) is 2.29. The van der Waals surface area contributed by atoms with Crippen LogP contribution in [0, 0.1) is 13.8 Å². The Hall–Kier alpha value is -1.82. The second kappa shape index (κ2) is 3.34. The van der Waals surface area contributed by atoms with Gasteiger partial charge in [-0.25, -0.2) is 0 Å². The first kappa shape index (κ1) is 9.41. The quantitative estimate of drug-likeness (QED) is 0.471. The summed E-state index contributed by atoms with van der Waals surface area (Å²) in [6.45, 7) is 4.28. The Morgan fingerprint density at radius 2 is 1.19 bits per heavy atom. The molecule has 0 heterocycles. The lowest BCUT2D eigenvalue weighted by Crippen LogP contribution is -1.80. The molecular weight excluding hydrogens is 192 g/mol. The van der Waals surface area contributed by atoms with Gasteiger partial charge in [0, 0.05) is 0 Å². The topological polar surface area (TPSA) is 0 Å². The van der Waals surface area contributed by atoms with Crippen molar-refractivity contribution in [1.29, 1.82) is 0 Å². The van der Waals surface area contributed by atoms with E-state index in [0.29, 0.717) is 0 Å². The van der Waals surface area contributed by atoms with Gasteiger partial charge in [0.15, 0.2) is 0 Å². The molecule has 0 saturated carbocycles. The Morgan fingerprint density at radius 1 is 0.562 bits per heavy atom. The molecular formula is C16H14. The number of hydrogen-bond acceptors (Lipinski definition) is 0. The molecule has 0 unspecified atom stereocenters. The minimum Gasteiger partial charge on any atom is -0.0587 e. The molecule has 0 radical (unpaired) electrons. The van der Waals surface area contributed by atoms with Crippen LogP contribution < -0.4 is 0 Å². The number of fused-ring (bicyclic) bond motifs is 3. The highest BCUT2D eigenvalue weighted by Crippen LogP contribution is 2.26. The lowest BCUT2D eigenvalue weighted by Gasteiger charge is -2.05. The van der Waals surface area contributed by atoms with Gasteiger partial charge in [0.25, 0.3) is 0 Å². The average molecular weight is 206 g/mol. The molecule has 0 nitrogen and oxygen atoms in total. The van der Waals surface area contributed by atoms with Crippen molar-refractivity contribution in [2.24, 2.45) is 0 Å². The lowest BCUT2D eigenvalue weighted by molar-refractivity contribution is 1.50. The van der Waals surface area contributed by atoms with Gasteiger partial charge in [-0.3, -0.25) is 0 Å². The molecule has 0 aliphatic carbocycles. The zero-order valence-electron chi connectivity index (χ0n) is 9.62. The van der Waals surface area contributed by atoms with Gasteiger partial charge in [-0.05, 0) is 35.4 Å². The van der Waals surface area contributed by atoms with Crippen molar-refractivity contribution >= 4 is 21.5 Å². The smallest absolute Gasteiger partial charge is 0.0103 e. The molecule has 3 aromatic carbocycles. The Balaban J connectivity index is 2.52. The third-order valence-electron chi connectivity index (χ3n) is 3.15. The summed E-state index contributed by atoms with van der Waals surface area (Å²) in [5.41, 5.74) is 2.64. The summed E-state index contributed by atoms with van der Waals surface area (Å²) in [5, 5.41) is 5.37. The van der Waals surface area contributed by atoms with Gasteiger partial charge < -0.3 is 0 Å². The van der Waals surface area contributed by atoms with Gasteiger partial charge in [0.1, 0.15) is 0 Å². The third-order valence-corrected chi connectivity index (χ3v) is 3.15. The summed E-state index contributed by atoms with van der Waals surface area (Å²) in [7, 11) is 0. The Bertz CT molecular complexity index is 678. The second-order valence-corrected chi connectivity index (χ2v) is 4.51. The fraction of sp³-hybridized carbons (Fsp3) is 0.125. The van der Waals surface area contributed by atoms with Crippen molar-refractivity contribution in [3.8, 4) is 0 Å². The van der Waals surface area contributed by atoms with Gasteiger partial charge in [-0.1, -0.05) is 59.7 Å². The van der Waals surface area contributed by atoms with E-state index in [1.165, 1.54) is 32.7 Å². The highest BCUT2D eigenvalue weighted by Gasteiger charge is 2.00. The molecule has 0 fully saturated rings. The molecule has 3 rings (SSSR count). The van der Waals surface area contributed by atoms with Crippen LogP contribution in [0.4, 0.5) is 0 Å². The first-order chi connectivity index (χ1) is 7.74. The molecule has 78 valence electrons. The van der Waals surface area contributed by atoms with E-state index in [1.54, 1.807) is 0 Å². The Labute approximate surface area is 95.5 Å². The van der Waals surface area contributed by atoms with Crippen molar-refractivity contribution in [3.05, 3.63) is 59.7 Å². The standard InChI is InChI=1S/C16H14/c1-11-4-8-15-14(9-11)7-6-13-5-3-12(2)10-16(13)15/h3-10H,1-2H3. The summed E-state index contributed by atoms with van der Waals surface area (Å²) in [5.74, 6) is 0. The normalized spacial score (nSPS) is 11.1. The monoisotopic (exact) mass is 206 g/mol. The van der Waals surface area contributed by atoms with Crippen LogP contribution in [0.15, 0.2) is 48.5 Å². The third kappa shape index (κ3) is 1.38. The predicted molar refractivity (Wildman–Crippen MR) is 70.9 cm³/mol. The maximum absolute atomic E-state index is 2.27. The van der Waals surface area contributed by atoms with Crippen LogP contribution in [0.5, 0.6) is 0 Å². The van der Waals surface area contributed by atoms with E-state index in [4.69, 9.17) is 0 Å². The van der Waals surface area contributed by atoms with Crippen LogP contribution in [-0.4, -0.2) is 0 Å². The zero-order chi connectivity index (χ0) is 11.1. The van der Waals surface area contributed by atoms with Crippen molar-refractivity contribution in [3.63, 3.8) is 0 Å². The van der Waals surface area contributed by atoms with E-state index in [0.717, 1.165) is 0 Å². The van der Waals surface area contributed by atoms with Crippen LogP contribution >= 0.6 is 0 Å². The van der Waals surface area contributed by atoms with Crippen LogP contribution in [0.1, 0.15) is 11.1 Å². The summed E-state index contributed by atoms with van der Waals surface area (Å²) >= 11 is 0. The first-order valence-electron chi connectivity index (χ1n) is 5.64. The fourth-order valence-corrected chi connectivity index (χ4v) is 2.29. The molecule has 0 aromatic heterocycles. The summed E-state index contributed by atoms with van der Waals surface area (Å²) in [6, 6.07) is 17.7. The van der Waals surface area contributed by atoms with Crippen molar-refractivity contribution in [2.75, 3.05) is 0 Å². The largest absolute Gasteiger partial charge is 0.0587 e. The van der Waals surface area contributed by atoms with Crippen LogP contribution in [-0.2, 0) is 0 Å². The van der Waals surface area contributed by atoms with Gasteiger partial charge in [-0.2, -0.15) is 0 Å². The molecule has 16 heavy (non-hydrogen) atoms. The number of rotatable bonds is 0. The highest BCUT2D eigenvalue weighted by atomic mass is 14.0. The highest BCUT2D eigenvalue weighted by molar-refractivity contribution is 6.07. The number of benzene rings is 3. The van der Waals surface area contributed by atoms with E-state index >= 15 is 0 Å². The maximum Gasteiger partial charge on any atom is -0.0103 e. The van der Waals surface area contributed by atoms with Crippen molar-refractivity contribution in [1.82, 2.24) is 0 Å². The zero-order valence-corrected chi connectivity index (χ0v) is 9.62. The molecule has 0 N–H and O–H groups in total. The average Bonchev–Trinajstić information content (AvgIpc) is 2.28. The van der Waals surface area contributed by atoms with Gasteiger partial charge in [0.05, 0.1) is 0 Å². The minimum absolute atomic E-state index is 1.32. The van der Waals surface area contributed by atoms with E-state index < -0.39 is 0 Å².